The molecule has 174 valence electrons. The molecule has 4 rings (SSSR count). The maximum absolute atomic E-state index is 13.6. The van der Waals surface area contributed by atoms with Gasteiger partial charge in [0.2, 0.25) is 5.91 Å². The molecule has 0 saturated carbocycles. The monoisotopic (exact) mass is 456 g/mol. The van der Waals surface area contributed by atoms with E-state index >= 15 is 0 Å². The Balaban J connectivity index is 1.72. The van der Waals surface area contributed by atoms with E-state index in [1.165, 1.54) is 0 Å². The van der Waals surface area contributed by atoms with Gasteiger partial charge in [-0.25, -0.2) is 4.79 Å². The average Bonchev–Trinajstić information content (AvgIpc) is 2.84. The maximum Gasteiger partial charge on any atom is 0.316 e. The Bertz CT molecular complexity index is 1190. The third-order valence-electron chi connectivity index (χ3n) is 6.10. The van der Waals surface area contributed by atoms with Crippen LogP contribution in [-0.2, 0) is 4.79 Å². The predicted molar refractivity (Wildman–Crippen MR) is 134 cm³/mol. The number of hydrogen-bond acceptors (Lipinski definition) is 3. The molecule has 1 heterocycles. The Hall–Kier alpha value is -4.13. The van der Waals surface area contributed by atoms with Gasteiger partial charge in [0.05, 0.1) is 6.04 Å². The van der Waals surface area contributed by atoms with Crippen LogP contribution in [0.4, 0.5) is 21.9 Å². The van der Waals surface area contributed by atoms with Crippen LogP contribution in [0.15, 0.2) is 78.9 Å². The Morgan fingerprint density at radius 1 is 0.971 bits per heavy atom. The van der Waals surface area contributed by atoms with Crippen LogP contribution >= 0.6 is 0 Å². The van der Waals surface area contributed by atoms with E-state index in [1.54, 1.807) is 29.2 Å². The third-order valence-corrected chi connectivity index (χ3v) is 6.10. The number of benzene rings is 3. The van der Waals surface area contributed by atoms with Gasteiger partial charge in [0.1, 0.15) is 0 Å². The van der Waals surface area contributed by atoms with Crippen LogP contribution < -0.4 is 20.9 Å². The molecule has 2 atom stereocenters. The number of anilines is 3. The smallest absolute Gasteiger partial charge is 0.316 e. The number of primary amides is 1. The Labute approximate surface area is 199 Å². The average molecular weight is 457 g/mol. The second-order valence-corrected chi connectivity index (χ2v) is 8.35. The number of carbonyl (C=O) groups excluding carboxylic acids is 3. The van der Waals surface area contributed by atoms with Crippen molar-refractivity contribution in [1.82, 2.24) is 0 Å². The van der Waals surface area contributed by atoms with E-state index in [2.05, 4.69) is 5.32 Å². The fourth-order valence-corrected chi connectivity index (χ4v) is 4.57. The first-order chi connectivity index (χ1) is 16.4. The molecule has 2 unspecified atom stereocenters. The number of para-hydroxylation sites is 2. The van der Waals surface area contributed by atoms with Crippen molar-refractivity contribution < 1.29 is 14.4 Å². The first-order valence-corrected chi connectivity index (χ1v) is 11.4. The van der Waals surface area contributed by atoms with Crippen molar-refractivity contribution >= 4 is 34.9 Å². The summed E-state index contributed by atoms with van der Waals surface area (Å²) in [4.78, 5) is 41.4. The molecule has 4 amide bonds. The molecular weight excluding hydrogens is 428 g/mol. The van der Waals surface area contributed by atoms with Gasteiger partial charge in [-0.15, -0.1) is 0 Å². The highest BCUT2D eigenvalue weighted by Gasteiger charge is 2.38. The van der Waals surface area contributed by atoms with E-state index in [0.29, 0.717) is 24.1 Å². The molecule has 3 aromatic rings. The van der Waals surface area contributed by atoms with Crippen LogP contribution in [0.3, 0.4) is 0 Å². The van der Waals surface area contributed by atoms with Gasteiger partial charge in [-0.1, -0.05) is 43.3 Å². The molecule has 34 heavy (non-hydrogen) atoms. The number of rotatable bonds is 5. The second-order valence-electron chi connectivity index (χ2n) is 8.35. The zero-order valence-corrected chi connectivity index (χ0v) is 19.3. The molecule has 7 heteroatoms. The number of nitrogens with two attached hydrogens (primary N) is 1. The molecule has 0 aliphatic carbocycles. The molecule has 0 bridgehead atoms. The summed E-state index contributed by atoms with van der Waals surface area (Å²) in [5, 5.41) is 2.50. The summed E-state index contributed by atoms with van der Waals surface area (Å²) in [6, 6.07) is 23.1. The molecule has 0 radical (unpaired) electrons. The molecule has 7 nitrogen and oxygen atoms in total. The Kier molecular flexibility index (Phi) is 6.63. The molecule has 1 aliphatic heterocycles. The summed E-state index contributed by atoms with van der Waals surface area (Å²) in [6.45, 7) is 3.87. The van der Waals surface area contributed by atoms with Crippen molar-refractivity contribution in [2.75, 3.05) is 15.1 Å². The molecule has 3 N–H and O–H groups in total. The minimum atomic E-state index is -0.659. The van der Waals surface area contributed by atoms with Crippen LogP contribution in [0.5, 0.6) is 0 Å². The zero-order chi connectivity index (χ0) is 24.2. The van der Waals surface area contributed by atoms with Crippen molar-refractivity contribution in [2.45, 2.75) is 38.8 Å². The van der Waals surface area contributed by atoms with Gasteiger partial charge < -0.3 is 20.9 Å². The number of nitrogens with one attached hydrogen (secondary N) is 1. The fourth-order valence-electron chi connectivity index (χ4n) is 4.57. The summed E-state index contributed by atoms with van der Waals surface area (Å²) in [6.07, 6.45) is 0.987. The fraction of sp³-hybridized carbons (Fsp3) is 0.222. The number of nitrogens with zero attached hydrogens (tertiary/aromatic N) is 2. The van der Waals surface area contributed by atoms with E-state index in [9.17, 15) is 14.4 Å². The van der Waals surface area contributed by atoms with Gasteiger partial charge in [0.25, 0.3) is 5.91 Å². The van der Waals surface area contributed by atoms with Crippen molar-refractivity contribution in [2.24, 2.45) is 5.73 Å². The molecule has 0 aromatic heterocycles. The Morgan fingerprint density at radius 2 is 1.62 bits per heavy atom. The standard InChI is InChI=1S/C27H28N4O3/c1-3-25(32)31(21-9-5-4-6-10-21)24-17-18(2)30(23-12-8-7-11-22(23)24)26(33)19-13-15-20(16-14-19)29-27(28)34/h4-16,18,24H,3,17H2,1-2H3,(H3,28,29,34). The highest BCUT2D eigenvalue weighted by Crippen LogP contribution is 2.42. The highest BCUT2D eigenvalue weighted by molar-refractivity contribution is 6.08. The van der Waals surface area contributed by atoms with Gasteiger partial charge in [-0.2, -0.15) is 0 Å². The van der Waals surface area contributed by atoms with E-state index < -0.39 is 6.03 Å². The van der Waals surface area contributed by atoms with Crippen molar-refractivity contribution in [3.63, 3.8) is 0 Å². The lowest BCUT2D eigenvalue weighted by atomic mass is 9.89. The van der Waals surface area contributed by atoms with Gasteiger partial charge in [0.15, 0.2) is 0 Å². The van der Waals surface area contributed by atoms with Gasteiger partial charge in [0, 0.05) is 35.1 Å². The number of urea groups is 1. The number of carbonyl (C=O) groups is 3. The molecule has 1 aliphatic rings. The van der Waals surface area contributed by atoms with Gasteiger partial charge in [-0.3, -0.25) is 9.59 Å². The first-order valence-electron chi connectivity index (χ1n) is 11.4. The lowest BCUT2D eigenvalue weighted by molar-refractivity contribution is -0.118. The topological polar surface area (TPSA) is 95.7 Å². The third kappa shape index (κ3) is 4.50. The molecule has 0 saturated heterocycles. The van der Waals surface area contributed by atoms with Gasteiger partial charge >= 0.3 is 6.03 Å². The normalized spacial score (nSPS) is 16.9. The number of fused-ring (bicyclic) bond motifs is 1. The lowest BCUT2D eigenvalue weighted by Crippen LogP contribution is -2.47. The zero-order valence-electron chi connectivity index (χ0n) is 19.3. The summed E-state index contributed by atoms with van der Waals surface area (Å²) in [7, 11) is 0. The van der Waals surface area contributed by atoms with Crippen LogP contribution in [0.1, 0.15) is 48.7 Å². The number of amides is 4. The van der Waals surface area contributed by atoms with Crippen LogP contribution in [0, 0.1) is 0 Å². The van der Waals surface area contributed by atoms with Crippen molar-refractivity contribution in [3.8, 4) is 0 Å². The SMILES string of the molecule is CCC(=O)N(c1ccccc1)C1CC(C)N(C(=O)c2ccc(NC(N)=O)cc2)c2ccccc21. The molecule has 0 spiro atoms. The summed E-state index contributed by atoms with van der Waals surface area (Å²) < 4.78 is 0. The Morgan fingerprint density at radius 3 is 2.26 bits per heavy atom. The molecular formula is C27H28N4O3. The van der Waals surface area contributed by atoms with Crippen molar-refractivity contribution in [1.29, 1.82) is 0 Å². The van der Waals surface area contributed by atoms with E-state index in [1.807, 2.05) is 73.3 Å². The van der Waals surface area contributed by atoms with Crippen LogP contribution in [0.25, 0.3) is 0 Å². The largest absolute Gasteiger partial charge is 0.351 e. The van der Waals surface area contributed by atoms with Gasteiger partial charge in [-0.05, 0) is 61.4 Å². The second kappa shape index (κ2) is 9.79. The molecule has 0 fully saturated rings. The quantitative estimate of drug-likeness (QED) is 0.559. The summed E-state index contributed by atoms with van der Waals surface area (Å²) in [5.41, 5.74) is 8.76. The van der Waals surface area contributed by atoms with Crippen LogP contribution in [0.2, 0.25) is 0 Å². The summed E-state index contributed by atoms with van der Waals surface area (Å²) in [5.74, 6) is -0.104. The number of hydrogen-bond donors (Lipinski definition) is 2. The van der Waals surface area contributed by atoms with E-state index in [0.717, 1.165) is 16.9 Å². The highest BCUT2D eigenvalue weighted by atomic mass is 16.2. The minimum absolute atomic E-state index is 0.0375. The minimum Gasteiger partial charge on any atom is -0.351 e. The van der Waals surface area contributed by atoms with Crippen LogP contribution in [-0.4, -0.2) is 23.9 Å². The van der Waals surface area contributed by atoms with E-state index in [-0.39, 0.29) is 23.9 Å². The lowest BCUT2D eigenvalue weighted by Gasteiger charge is -2.43. The predicted octanol–water partition coefficient (Wildman–Crippen LogP) is 5.10. The molecule has 3 aromatic carbocycles. The maximum atomic E-state index is 13.6. The summed E-state index contributed by atoms with van der Waals surface area (Å²) >= 11 is 0. The first kappa shape index (κ1) is 23.0. The van der Waals surface area contributed by atoms with E-state index in [4.69, 9.17) is 5.73 Å². The van der Waals surface area contributed by atoms with Crippen molar-refractivity contribution in [3.05, 3.63) is 90.0 Å².